The Hall–Kier alpha value is -2.35. The first-order valence-corrected chi connectivity index (χ1v) is 7.57. The van der Waals surface area contributed by atoms with Gasteiger partial charge < -0.3 is 0 Å². The van der Waals surface area contributed by atoms with Gasteiger partial charge in [0.2, 0.25) is 0 Å². The Labute approximate surface area is 116 Å². The zero-order valence-electron chi connectivity index (χ0n) is 11.0. The van der Waals surface area contributed by atoms with E-state index in [0.717, 1.165) is 15.9 Å². The molecule has 2 aromatic rings. The maximum absolute atomic E-state index is 11.5. The Morgan fingerprint density at radius 3 is 2.45 bits per heavy atom. The van der Waals surface area contributed by atoms with E-state index in [-0.39, 0.29) is 5.69 Å². The summed E-state index contributed by atoms with van der Waals surface area (Å²) in [5, 5.41) is 15.0. The molecule has 0 fully saturated rings. The second kappa shape index (κ2) is 5.74. The van der Waals surface area contributed by atoms with Crippen LogP contribution in [0.15, 0.2) is 40.5 Å². The smallest absolute Gasteiger partial charge is 0.205 e. The van der Waals surface area contributed by atoms with Crippen molar-refractivity contribution >= 4 is 22.5 Å². The lowest BCUT2D eigenvalue weighted by Gasteiger charge is -1.97. The maximum Gasteiger partial charge on any atom is 0.252 e. The van der Waals surface area contributed by atoms with E-state index < -0.39 is 10.0 Å². The molecule has 0 N–H and O–H groups in total. The van der Waals surface area contributed by atoms with E-state index in [1.54, 1.807) is 13.1 Å². The molecule has 0 unspecified atom stereocenters. The molecule has 1 heterocycles. The van der Waals surface area contributed by atoms with Gasteiger partial charge in [0.25, 0.3) is 10.0 Å². The largest absolute Gasteiger partial charge is 0.252 e. The molecule has 0 atom stereocenters. The molecule has 104 valence electrons. The molecule has 0 aliphatic carbocycles. The molecule has 1 aromatic heterocycles. The summed E-state index contributed by atoms with van der Waals surface area (Å²) in [5.41, 5.74) is 1.66. The van der Waals surface area contributed by atoms with Crippen molar-refractivity contribution < 1.29 is 8.42 Å². The lowest BCUT2D eigenvalue weighted by atomic mass is 10.2. The van der Waals surface area contributed by atoms with Crippen LogP contribution in [0.1, 0.15) is 17.0 Å². The fourth-order valence-corrected chi connectivity index (χ4v) is 2.17. The van der Waals surface area contributed by atoms with Crippen LogP contribution in [-0.4, -0.2) is 41.5 Å². The molecule has 0 radical (unpaired) electrons. The molecule has 7 nitrogen and oxygen atoms in total. The van der Waals surface area contributed by atoms with Crippen LogP contribution < -0.4 is 0 Å². The molecule has 0 aliphatic heterocycles. The molecule has 2 rings (SSSR count). The van der Waals surface area contributed by atoms with Gasteiger partial charge in [-0.05, 0) is 12.5 Å². The third kappa shape index (κ3) is 3.35. The van der Waals surface area contributed by atoms with Gasteiger partial charge in [0, 0.05) is 0 Å². The van der Waals surface area contributed by atoms with Crippen molar-refractivity contribution in [3.8, 4) is 0 Å². The predicted octanol–water partition coefficient (Wildman–Crippen LogP) is 0.847. The van der Waals surface area contributed by atoms with Gasteiger partial charge >= 0.3 is 0 Å². The van der Waals surface area contributed by atoms with E-state index in [4.69, 9.17) is 0 Å². The molecule has 20 heavy (non-hydrogen) atoms. The highest BCUT2D eigenvalue weighted by atomic mass is 32.2. The number of aromatic nitrogens is 3. The van der Waals surface area contributed by atoms with Gasteiger partial charge in [-0.1, -0.05) is 35.5 Å². The summed E-state index contributed by atoms with van der Waals surface area (Å²) >= 11 is 0. The lowest BCUT2D eigenvalue weighted by Crippen LogP contribution is -2.15. The Bertz CT molecular complexity index is 747. The van der Waals surface area contributed by atoms with Crippen LogP contribution >= 0.6 is 0 Å². The van der Waals surface area contributed by atoms with E-state index >= 15 is 0 Å². The fourth-order valence-electron chi connectivity index (χ4n) is 1.46. The molecule has 0 spiro atoms. The fraction of sp³-hybridized carbons (Fsp3) is 0.167. The molecule has 0 aliphatic rings. The quantitative estimate of drug-likeness (QED) is 0.617. The van der Waals surface area contributed by atoms with Crippen molar-refractivity contribution in [3.63, 3.8) is 0 Å². The minimum absolute atomic E-state index is 0.290. The van der Waals surface area contributed by atoms with Crippen LogP contribution in [0.5, 0.6) is 0 Å². The summed E-state index contributed by atoms with van der Waals surface area (Å²) in [7, 11) is -3.50. The summed E-state index contributed by atoms with van der Waals surface area (Å²) in [4.78, 5) is 0. The first kappa shape index (κ1) is 14.1. The Morgan fingerprint density at radius 2 is 1.80 bits per heavy atom. The van der Waals surface area contributed by atoms with Gasteiger partial charge in [-0.2, -0.15) is 10.2 Å². The second-order valence-corrected chi connectivity index (χ2v) is 5.88. The second-order valence-electron chi connectivity index (χ2n) is 4.07. The van der Waals surface area contributed by atoms with Crippen LogP contribution in [-0.2, 0) is 10.0 Å². The van der Waals surface area contributed by atoms with Gasteiger partial charge in [-0.3, -0.25) is 0 Å². The number of rotatable bonds is 4. The average molecular weight is 291 g/mol. The van der Waals surface area contributed by atoms with Crippen molar-refractivity contribution in [2.75, 3.05) is 6.26 Å². The van der Waals surface area contributed by atoms with Crippen LogP contribution in [0.25, 0.3) is 0 Å². The first-order valence-electron chi connectivity index (χ1n) is 5.73. The highest BCUT2D eigenvalue weighted by Gasteiger charge is 2.14. The van der Waals surface area contributed by atoms with Crippen LogP contribution in [0.4, 0.5) is 0 Å². The maximum atomic E-state index is 11.5. The summed E-state index contributed by atoms with van der Waals surface area (Å²) in [6, 6.07) is 9.44. The van der Waals surface area contributed by atoms with E-state index in [1.165, 1.54) is 6.21 Å². The third-order valence-electron chi connectivity index (χ3n) is 2.42. The van der Waals surface area contributed by atoms with E-state index in [0.29, 0.717) is 5.69 Å². The van der Waals surface area contributed by atoms with Gasteiger partial charge in [0.15, 0.2) is 0 Å². The third-order valence-corrected chi connectivity index (χ3v) is 3.32. The zero-order chi connectivity index (χ0) is 14.6. The van der Waals surface area contributed by atoms with Crippen LogP contribution in [0.2, 0.25) is 0 Å². The van der Waals surface area contributed by atoms with E-state index in [1.807, 2.05) is 30.3 Å². The zero-order valence-corrected chi connectivity index (χ0v) is 11.8. The number of benzene rings is 1. The van der Waals surface area contributed by atoms with Crippen molar-refractivity contribution in [2.45, 2.75) is 6.92 Å². The number of aryl methyl sites for hydroxylation is 1. The standard InChI is InChI=1S/C12H13N5O2S/c1-10-12(17(16-15-10)20(2,18)19)9-14-13-8-11-6-4-3-5-7-11/h3-9H,1-2H3/b13-8+,14-9-. The van der Waals surface area contributed by atoms with Crippen LogP contribution in [0, 0.1) is 6.92 Å². The van der Waals surface area contributed by atoms with Crippen LogP contribution in [0.3, 0.4) is 0 Å². The summed E-state index contributed by atoms with van der Waals surface area (Å²) in [6.45, 7) is 1.65. The molecule has 8 heteroatoms. The van der Waals surface area contributed by atoms with E-state index in [2.05, 4.69) is 20.5 Å². The minimum Gasteiger partial charge on any atom is -0.205 e. The van der Waals surface area contributed by atoms with E-state index in [9.17, 15) is 8.42 Å². The Balaban J connectivity index is 2.21. The number of hydrogen-bond donors (Lipinski definition) is 0. The monoisotopic (exact) mass is 291 g/mol. The Morgan fingerprint density at radius 1 is 1.15 bits per heavy atom. The number of nitrogens with zero attached hydrogens (tertiary/aromatic N) is 5. The predicted molar refractivity (Wildman–Crippen MR) is 76.6 cm³/mol. The molecule has 0 saturated carbocycles. The molecule has 0 bridgehead atoms. The SMILES string of the molecule is Cc1nnn(S(C)(=O)=O)c1/C=N\N=C\c1ccccc1. The Kier molecular flexibility index (Phi) is 4.04. The van der Waals surface area contributed by atoms with Gasteiger partial charge in [0.05, 0.1) is 24.4 Å². The number of hydrogen-bond acceptors (Lipinski definition) is 6. The van der Waals surface area contributed by atoms with Crippen molar-refractivity contribution in [1.82, 2.24) is 14.4 Å². The highest BCUT2D eigenvalue weighted by molar-refractivity contribution is 7.89. The molecular formula is C12H13N5O2S. The average Bonchev–Trinajstić information content (AvgIpc) is 2.77. The van der Waals surface area contributed by atoms with Gasteiger partial charge in [-0.15, -0.1) is 9.19 Å². The topological polar surface area (TPSA) is 89.6 Å². The van der Waals surface area contributed by atoms with Gasteiger partial charge in [0.1, 0.15) is 5.69 Å². The molecule has 0 saturated heterocycles. The molecule has 1 aromatic carbocycles. The van der Waals surface area contributed by atoms with Crippen molar-refractivity contribution in [1.29, 1.82) is 0 Å². The summed E-state index contributed by atoms with van der Waals surface area (Å²) in [6.07, 6.45) is 3.93. The normalized spacial score (nSPS) is 12.5. The molecular weight excluding hydrogens is 278 g/mol. The summed E-state index contributed by atoms with van der Waals surface area (Å²) in [5.74, 6) is 0. The molecule has 0 amide bonds. The summed E-state index contributed by atoms with van der Waals surface area (Å²) < 4.78 is 23.8. The van der Waals surface area contributed by atoms with Crippen molar-refractivity contribution in [3.05, 3.63) is 47.3 Å². The highest BCUT2D eigenvalue weighted by Crippen LogP contribution is 2.03. The van der Waals surface area contributed by atoms with Gasteiger partial charge in [-0.25, -0.2) is 8.42 Å². The lowest BCUT2D eigenvalue weighted by molar-refractivity contribution is 0.583. The first-order chi connectivity index (χ1) is 9.48. The van der Waals surface area contributed by atoms with Crippen molar-refractivity contribution in [2.24, 2.45) is 10.2 Å². The minimum atomic E-state index is -3.50.